The van der Waals surface area contributed by atoms with E-state index in [4.69, 9.17) is 0 Å². The van der Waals surface area contributed by atoms with Gasteiger partial charge in [0.2, 0.25) is 5.91 Å². The molecule has 0 aliphatic rings. The average Bonchev–Trinajstić information content (AvgIpc) is 3.44. The summed E-state index contributed by atoms with van der Waals surface area (Å²) in [6.07, 6.45) is 0. The van der Waals surface area contributed by atoms with E-state index in [1.54, 1.807) is 17.4 Å². The molecule has 0 saturated heterocycles. The smallest absolute Gasteiger partial charge is 0.343 e. The highest BCUT2D eigenvalue weighted by atomic mass is 32.1. The molecule has 7 nitrogen and oxygen atoms in total. The molecule has 0 radical (unpaired) electrons. The lowest BCUT2D eigenvalue weighted by atomic mass is 10.1. The van der Waals surface area contributed by atoms with E-state index in [1.807, 2.05) is 59.3 Å². The third kappa shape index (κ3) is 3.74. The van der Waals surface area contributed by atoms with Crippen molar-refractivity contribution in [1.29, 1.82) is 0 Å². The van der Waals surface area contributed by atoms with Crippen LogP contribution in [0.4, 0.5) is 0 Å². The fourth-order valence-electron chi connectivity index (χ4n) is 2.66. The molecule has 136 valence electrons. The maximum atomic E-state index is 12.6. The van der Waals surface area contributed by atoms with Crippen LogP contribution in [0.2, 0.25) is 0 Å². The zero-order valence-corrected chi connectivity index (χ0v) is 15.7. The second kappa shape index (κ2) is 7.68. The number of aromatic nitrogens is 4. The molecule has 1 N–H and O–H groups in total. The van der Waals surface area contributed by atoms with Crippen LogP contribution in [0.5, 0.6) is 0 Å². The molecule has 0 spiro atoms. The van der Waals surface area contributed by atoms with Crippen molar-refractivity contribution in [2.75, 3.05) is 0 Å². The van der Waals surface area contributed by atoms with Crippen molar-refractivity contribution in [3.05, 3.63) is 86.3 Å². The molecular formula is C18H15N5O2S2. The Kier molecular flexibility index (Phi) is 4.95. The number of carbonyl (C=O) groups excluding carboxylic acids is 1. The number of thiophene rings is 2. The van der Waals surface area contributed by atoms with Crippen molar-refractivity contribution in [2.24, 2.45) is 0 Å². The van der Waals surface area contributed by atoms with Crippen molar-refractivity contribution in [2.45, 2.75) is 12.6 Å². The Morgan fingerprint density at radius 1 is 1.00 bits per heavy atom. The number of carbonyl (C=O) groups is 1. The fraction of sp³-hybridized carbons (Fsp3) is 0.111. The third-order valence-electron chi connectivity index (χ3n) is 3.91. The highest BCUT2D eigenvalue weighted by Gasteiger charge is 2.19. The summed E-state index contributed by atoms with van der Waals surface area (Å²) in [5, 5.41) is 15.1. The standard InChI is InChI=1S/C18H15N5O2S2/c24-15(12-22-18(25)23(21-20-22)16-9-5-11-27-16)19-17(14-8-4-10-26-14)13-6-2-1-3-7-13/h1-11,17H,12H2,(H,19,24). The summed E-state index contributed by atoms with van der Waals surface area (Å²) in [7, 11) is 0. The SMILES string of the molecule is O=C(Cn1nnn(-c2cccs2)c1=O)NC(c1ccccc1)c1cccs1. The van der Waals surface area contributed by atoms with Gasteiger partial charge < -0.3 is 5.32 Å². The van der Waals surface area contributed by atoms with Gasteiger partial charge in [-0.25, -0.2) is 4.79 Å². The van der Waals surface area contributed by atoms with Crippen molar-refractivity contribution in [3.8, 4) is 5.00 Å². The van der Waals surface area contributed by atoms with Gasteiger partial charge in [-0.15, -0.1) is 22.7 Å². The van der Waals surface area contributed by atoms with Crippen molar-refractivity contribution in [3.63, 3.8) is 0 Å². The number of amides is 1. The molecule has 4 rings (SSSR count). The largest absolute Gasteiger partial charge is 0.369 e. The van der Waals surface area contributed by atoms with Crippen LogP contribution >= 0.6 is 22.7 Å². The number of rotatable bonds is 6. The van der Waals surface area contributed by atoms with Crippen molar-refractivity contribution in [1.82, 2.24) is 25.1 Å². The van der Waals surface area contributed by atoms with Crippen molar-refractivity contribution < 1.29 is 4.79 Å². The second-order valence-corrected chi connectivity index (χ2v) is 7.61. The van der Waals surface area contributed by atoms with Crippen LogP contribution in [0.1, 0.15) is 16.5 Å². The second-order valence-electron chi connectivity index (χ2n) is 5.71. The first-order valence-electron chi connectivity index (χ1n) is 8.17. The zero-order chi connectivity index (χ0) is 18.6. The van der Waals surface area contributed by atoms with E-state index in [-0.39, 0.29) is 18.5 Å². The lowest BCUT2D eigenvalue weighted by molar-refractivity contribution is -0.122. The van der Waals surface area contributed by atoms with Gasteiger partial charge in [0, 0.05) is 4.88 Å². The molecule has 1 unspecified atom stereocenters. The summed E-state index contributed by atoms with van der Waals surface area (Å²) in [6, 6.07) is 16.9. The topological polar surface area (TPSA) is 81.8 Å². The number of hydrogen-bond acceptors (Lipinski definition) is 6. The van der Waals surface area contributed by atoms with Crippen LogP contribution in [-0.4, -0.2) is 25.7 Å². The Morgan fingerprint density at radius 2 is 1.78 bits per heavy atom. The van der Waals surface area contributed by atoms with Gasteiger partial charge >= 0.3 is 5.69 Å². The molecule has 0 saturated carbocycles. The minimum absolute atomic E-state index is 0.196. The Morgan fingerprint density at radius 3 is 2.48 bits per heavy atom. The van der Waals surface area contributed by atoms with Gasteiger partial charge in [-0.3, -0.25) is 4.79 Å². The molecule has 1 amide bonds. The minimum atomic E-state index is -0.444. The van der Waals surface area contributed by atoms with Gasteiger partial charge in [0.25, 0.3) is 0 Å². The predicted octanol–water partition coefficient (Wildman–Crippen LogP) is 2.46. The van der Waals surface area contributed by atoms with Gasteiger partial charge in [0.05, 0.1) is 6.04 Å². The van der Waals surface area contributed by atoms with Crippen LogP contribution in [0.25, 0.3) is 5.00 Å². The minimum Gasteiger partial charge on any atom is -0.343 e. The van der Waals surface area contributed by atoms with Crippen LogP contribution in [0, 0.1) is 0 Å². The molecule has 0 fully saturated rings. The van der Waals surface area contributed by atoms with Gasteiger partial charge in [0.1, 0.15) is 11.5 Å². The summed E-state index contributed by atoms with van der Waals surface area (Å²) < 4.78 is 2.25. The van der Waals surface area contributed by atoms with Gasteiger partial charge in [-0.1, -0.05) is 36.4 Å². The molecule has 0 bridgehead atoms. The molecular weight excluding hydrogens is 382 g/mol. The molecule has 1 aromatic carbocycles. The maximum Gasteiger partial charge on any atom is 0.369 e. The first-order chi connectivity index (χ1) is 13.2. The summed E-state index contributed by atoms with van der Waals surface area (Å²) in [6.45, 7) is -0.196. The Balaban J connectivity index is 1.54. The molecule has 27 heavy (non-hydrogen) atoms. The summed E-state index contributed by atoms with van der Waals surface area (Å²) in [5.74, 6) is -0.308. The van der Waals surface area contributed by atoms with Crippen LogP contribution in [0.15, 0.2) is 70.2 Å². The Bertz CT molecular complexity index is 1070. The first kappa shape index (κ1) is 17.4. The van der Waals surface area contributed by atoms with Crippen LogP contribution in [-0.2, 0) is 11.3 Å². The van der Waals surface area contributed by atoms with Gasteiger partial charge in [-0.2, -0.15) is 9.36 Å². The number of benzene rings is 1. The number of nitrogens with one attached hydrogen (secondary N) is 1. The highest BCUT2D eigenvalue weighted by molar-refractivity contribution is 7.12. The van der Waals surface area contributed by atoms with Gasteiger partial charge in [0.15, 0.2) is 0 Å². The van der Waals surface area contributed by atoms with E-state index in [9.17, 15) is 9.59 Å². The van der Waals surface area contributed by atoms with E-state index in [1.165, 1.54) is 16.0 Å². The zero-order valence-electron chi connectivity index (χ0n) is 14.1. The Labute approximate surface area is 162 Å². The molecule has 9 heteroatoms. The number of hydrogen-bond donors (Lipinski definition) is 1. The molecule has 1 atom stereocenters. The van der Waals surface area contributed by atoms with E-state index >= 15 is 0 Å². The van der Waals surface area contributed by atoms with E-state index in [0.29, 0.717) is 5.00 Å². The molecule has 0 aliphatic heterocycles. The molecule has 3 aromatic heterocycles. The van der Waals surface area contributed by atoms with Crippen LogP contribution < -0.4 is 11.0 Å². The molecule has 3 heterocycles. The molecule has 4 aromatic rings. The lowest BCUT2D eigenvalue weighted by Gasteiger charge is -2.17. The highest BCUT2D eigenvalue weighted by Crippen LogP contribution is 2.25. The quantitative estimate of drug-likeness (QED) is 0.542. The average molecular weight is 397 g/mol. The number of nitrogens with zero attached hydrogens (tertiary/aromatic N) is 4. The monoisotopic (exact) mass is 397 g/mol. The normalized spacial score (nSPS) is 12.0. The van der Waals surface area contributed by atoms with Crippen molar-refractivity contribution >= 4 is 28.6 Å². The summed E-state index contributed by atoms with van der Waals surface area (Å²) in [5.41, 5.74) is 0.530. The predicted molar refractivity (Wildman–Crippen MR) is 104 cm³/mol. The lowest BCUT2D eigenvalue weighted by Crippen LogP contribution is -2.35. The fourth-order valence-corrected chi connectivity index (χ4v) is 4.14. The third-order valence-corrected chi connectivity index (χ3v) is 5.69. The number of tetrazole rings is 1. The maximum absolute atomic E-state index is 12.6. The first-order valence-corrected chi connectivity index (χ1v) is 9.93. The van der Waals surface area contributed by atoms with E-state index in [2.05, 4.69) is 15.7 Å². The van der Waals surface area contributed by atoms with E-state index in [0.717, 1.165) is 15.1 Å². The van der Waals surface area contributed by atoms with Crippen LogP contribution in [0.3, 0.4) is 0 Å². The summed E-state index contributed by atoms with van der Waals surface area (Å²) >= 11 is 2.94. The molecule has 0 aliphatic carbocycles. The summed E-state index contributed by atoms with van der Waals surface area (Å²) in [4.78, 5) is 26.0. The van der Waals surface area contributed by atoms with Gasteiger partial charge in [-0.05, 0) is 44.9 Å². The van der Waals surface area contributed by atoms with E-state index < -0.39 is 5.69 Å². The Hall–Kier alpha value is -3.04.